The molecule has 0 radical (unpaired) electrons. The fraction of sp³-hybridized carbons (Fsp3) is 0.0714. The molecule has 0 aliphatic carbocycles. The van der Waals surface area contributed by atoms with Crippen LogP contribution in [-0.2, 0) is 4.79 Å². The Balaban J connectivity index is 2.22. The van der Waals surface area contributed by atoms with Gasteiger partial charge in [0.1, 0.15) is 10.4 Å². The highest BCUT2D eigenvalue weighted by Crippen LogP contribution is 2.21. The van der Waals surface area contributed by atoms with Crippen molar-refractivity contribution in [2.45, 2.75) is 6.92 Å². The van der Waals surface area contributed by atoms with Crippen molar-refractivity contribution in [2.75, 3.05) is 10.6 Å². The molecule has 0 aliphatic heterocycles. The van der Waals surface area contributed by atoms with Gasteiger partial charge in [-0.3, -0.25) is 9.59 Å². The summed E-state index contributed by atoms with van der Waals surface area (Å²) in [4.78, 5) is 27.0. The van der Waals surface area contributed by atoms with Crippen LogP contribution in [-0.4, -0.2) is 16.8 Å². The number of nitrogens with one attached hydrogen (secondary N) is 2. The van der Waals surface area contributed by atoms with E-state index in [0.717, 1.165) is 0 Å². The second-order valence-electron chi connectivity index (χ2n) is 4.17. The first-order valence-electron chi connectivity index (χ1n) is 5.96. The van der Waals surface area contributed by atoms with Crippen LogP contribution in [0.25, 0.3) is 0 Å². The Hall–Kier alpha value is -2.28. The molecule has 0 aliphatic rings. The first kappa shape index (κ1) is 15.1. The summed E-state index contributed by atoms with van der Waals surface area (Å²) in [6.45, 7) is 1.28. The smallest absolute Gasteiger partial charge is 0.258 e. The maximum absolute atomic E-state index is 13.5. The molecule has 0 saturated carbocycles. The van der Waals surface area contributed by atoms with Crippen molar-refractivity contribution in [3.8, 4) is 0 Å². The third-order valence-corrected chi connectivity index (χ3v) is 3.17. The van der Waals surface area contributed by atoms with E-state index >= 15 is 0 Å². The SMILES string of the molecule is CC(=O)Nc1cc(NC(=O)c2cccnc2Br)ccc1F. The minimum Gasteiger partial charge on any atom is -0.324 e. The van der Waals surface area contributed by atoms with Crippen LogP contribution in [0.2, 0.25) is 0 Å². The van der Waals surface area contributed by atoms with E-state index in [-0.39, 0.29) is 5.69 Å². The van der Waals surface area contributed by atoms with Crippen LogP contribution in [0, 0.1) is 5.82 Å². The van der Waals surface area contributed by atoms with Crippen molar-refractivity contribution >= 4 is 39.1 Å². The van der Waals surface area contributed by atoms with Gasteiger partial charge in [-0.15, -0.1) is 0 Å². The van der Waals surface area contributed by atoms with Gasteiger partial charge in [-0.25, -0.2) is 9.37 Å². The van der Waals surface area contributed by atoms with Gasteiger partial charge in [0.15, 0.2) is 0 Å². The molecular formula is C14H11BrFN3O2. The third-order valence-electron chi connectivity index (χ3n) is 2.54. The quantitative estimate of drug-likeness (QED) is 0.834. The lowest BCUT2D eigenvalue weighted by Gasteiger charge is -2.09. The lowest BCUT2D eigenvalue weighted by Crippen LogP contribution is -2.14. The van der Waals surface area contributed by atoms with E-state index in [9.17, 15) is 14.0 Å². The zero-order valence-electron chi connectivity index (χ0n) is 11.0. The summed E-state index contributed by atoms with van der Waals surface area (Å²) in [5.74, 6) is -1.37. The third kappa shape index (κ3) is 3.85. The summed E-state index contributed by atoms with van der Waals surface area (Å²) in [6.07, 6.45) is 1.55. The molecule has 0 bridgehead atoms. The molecule has 1 aromatic heterocycles. The summed E-state index contributed by atoms with van der Waals surface area (Å²) in [7, 11) is 0. The number of benzene rings is 1. The Bertz CT molecular complexity index is 706. The highest BCUT2D eigenvalue weighted by molar-refractivity contribution is 9.10. The molecule has 2 N–H and O–H groups in total. The van der Waals surface area contributed by atoms with Gasteiger partial charge in [0.2, 0.25) is 5.91 Å². The summed E-state index contributed by atoms with van der Waals surface area (Å²) in [6, 6.07) is 7.15. The van der Waals surface area contributed by atoms with Crippen LogP contribution in [0.3, 0.4) is 0 Å². The Morgan fingerprint density at radius 3 is 2.67 bits per heavy atom. The number of pyridine rings is 1. The van der Waals surface area contributed by atoms with Gasteiger partial charge in [-0.05, 0) is 46.3 Å². The Kier molecular flexibility index (Phi) is 4.64. The van der Waals surface area contributed by atoms with Gasteiger partial charge in [-0.1, -0.05) is 0 Å². The Labute approximate surface area is 128 Å². The summed E-state index contributed by atoms with van der Waals surface area (Å²) in [5.41, 5.74) is 0.717. The largest absolute Gasteiger partial charge is 0.324 e. The lowest BCUT2D eigenvalue weighted by molar-refractivity contribution is -0.114. The fourth-order valence-electron chi connectivity index (χ4n) is 1.64. The van der Waals surface area contributed by atoms with Crippen molar-refractivity contribution in [3.05, 3.63) is 52.5 Å². The monoisotopic (exact) mass is 351 g/mol. The number of hydrogen-bond acceptors (Lipinski definition) is 3. The molecule has 1 aromatic carbocycles. The number of hydrogen-bond donors (Lipinski definition) is 2. The van der Waals surface area contributed by atoms with Crippen LogP contribution in [0.15, 0.2) is 41.1 Å². The van der Waals surface area contributed by atoms with E-state index in [2.05, 4.69) is 31.5 Å². The maximum Gasteiger partial charge on any atom is 0.258 e. The minimum atomic E-state index is -0.578. The topological polar surface area (TPSA) is 71.1 Å². The van der Waals surface area contributed by atoms with Crippen LogP contribution in [0.5, 0.6) is 0 Å². The molecule has 0 atom stereocenters. The molecule has 2 aromatic rings. The van der Waals surface area contributed by atoms with Gasteiger partial charge in [0.05, 0.1) is 11.3 Å². The van der Waals surface area contributed by atoms with Crippen LogP contribution in [0.1, 0.15) is 17.3 Å². The second kappa shape index (κ2) is 6.45. The van der Waals surface area contributed by atoms with Crippen molar-refractivity contribution < 1.29 is 14.0 Å². The molecule has 0 unspecified atom stereocenters. The minimum absolute atomic E-state index is 0.00514. The van der Waals surface area contributed by atoms with E-state index in [4.69, 9.17) is 0 Å². The van der Waals surface area contributed by atoms with E-state index < -0.39 is 17.6 Å². The van der Waals surface area contributed by atoms with Crippen molar-refractivity contribution in [2.24, 2.45) is 0 Å². The number of nitrogens with zero attached hydrogens (tertiary/aromatic N) is 1. The number of anilines is 2. The van der Waals surface area contributed by atoms with E-state index in [1.807, 2.05) is 0 Å². The normalized spacial score (nSPS) is 10.0. The van der Waals surface area contributed by atoms with Gasteiger partial charge in [-0.2, -0.15) is 0 Å². The Morgan fingerprint density at radius 2 is 2.00 bits per heavy atom. The number of amides is 2. The van der Waals surface area contributed by atoms with E-state index in [1.165, 1.54) is 25.1 Å². The van der Waals surface area contributed by atoms with Crippen molar-refractivity contribution in [1.29, 1.82) is 0 Å². The molecule has 21 heavy (non-hydrogen) atoms. The number of rotatable bonds is 3. The summed E-state index contributed by atoms with van der Waals surface area (Å²) < 4.78 is 13.9. The number of halogens is 2. The molecular weight excluding hydrogens is 341 g/mol. The molecule has 0 spiro atoms. The zero-order valence-corrected chi connectivity index (χ0v) is 12.6. The highest BCUT2D eigenvalue weighted by Gasteiger charge is 2.12. The second-order valence-corrected chi connectivity index (χ2v) is 4.92. The van der Waals surface area contributed by atoms with E-state index in [0.29, 0.717) is 15.9 Å². The molecule has 5 nitrogen and oxygen atoms in total. The maximum atomic E-state index is 13.5. The molecule has 7 heteroatoms. The molecule has 2 rings (SSSR count). The van der Waals surface area contributed by atoms with Crippen molar-refractivity contribution in [3.63, 3.8) is 0 Å². The summed E-state index contributed by atoms with van der Waals surface area (Å²) >= 11 is 3.18. The highest BCUT2D eigenvalue weighted by atomic mass is 79.9. The lowest BCUT2D eigenvalue weighted by atomic mass is 10.2. The first-order valence-corrected chi connectivity index (χ1v) is 6.75. The number of carbonyl (C=O) groups excluding carboxylic acids is 2. The van der Waals surface area contributed by atoms with Crippen molar-refractivity contribution in [1.82, 2.24) is 4.98 Å². The van der Waals surface area contributed by atoms with Gasteiger partial charge in [0.25, 0.3) is 5.91 Å². The molecule has 0 fully saturated rings. The average Bonchev–Trinajstić information content (AvgIpc) is 2.42. The van der Waals surface area contributed by atoms with Gasteiger partial charge in [0, 0.05) is 18.8 Å². The van der Waals surface area contributed by atoms with Crippen LogP contribution < -0.4 is 10.6 Å². The molecule has 1 heterocycles. The Morgan fingerprint density at radius 1 is 1.24 bits per heavy atom. The predicted molar refractivity (Wildman–Crippen MR) is 80.6 cm³/mol. The van der Waals surface area contributed by atoms with Gasteiger partial charge < -0.3 is 10.6 Å². The zero-order chi connectivity index (χ0) is 15.4. The molecule has 2 amide bonds. The standard InChI is InChI=1S/C14H11BrFN3O2/c1-8(20)18-12-7-9(4-5-11(12)16)19-14(21)10-3-2-6-17-13(10)15/h2-7H,1H3,(H,18,20)(H,19,21). The van der Waals surface area contributed by atoms with Crippen LogP contribution >= 0.6 is 15.9 Å². The summed E-state index contributed by atoms with van der Waals surface area (Å²) in [5, 5.41) is 4.96. The van der Waals surface area contributed by atoms with Crippen LogP contribution in [0.4, 0.5) is 15.8 Å². The van der Waals surface area contributed by atoms with Gasteiger partial charge >= 0.3 is 0 Å². The first-order chi connectivity index (χ1) is 9.97. The fourth-order valence-corrected chi connectivity index (χ4v) is 2.07. The predicted octanol–water partition coefficient (Wildman–Crippen LogP) is 3.19. The molecule has 108 valence electrons. The average molecular weight is 352 g/mol. The number of carbonyl (C=O) groups is 2. The molecule has 0 saturated heterocycles. The number of aromatic nitrogens is 1. The van der Waals surface area contributed by atoms with E-state index in [1.54, 1.807) is 18.3 Å².